The quantitative estimate of drug-likeness (QED) is 0.434. The predicted octanol–water partition coefficient (Wildman–Crippen LogP) is 4.90. The minimum Gasteiger partial charge on any atom is -0.489 e. The zero-order valence-corrected chi connectivity index (χ0v) is 17.6. The first-order chi connectivity index (χ1) is 14.9. The number of thiophene rings is 1. The Morgan fingerprint density at radius 2 is 1.77 bits per heavy atom. The van der Waals surface area contributed by atoms with E-state index in [1.807, 2.05) is 18.2 Å². The second kappa shape index (κ2) is 8.61. The number of hydrogen-bond acceptors (Lipinski definition) is 5. The highest BCUT2D eigenvalue weighted by atomic mass is 32.1. The number of nitrogens with one attached hydrogen (secondary N) is 2. The van der Waals surface area contributed by atoms with Crippen LogP contribution in [0.25, 0.3) is 10.1 Å². The van der Waals surface area contributed by atoms with Crippen LogP contribution in [0.4, 0.5) is 4.39 Å². The van der Waals surface area contributed by atoms with Crippen molar-refractivity contribution in [2.75, 3.05) is 0 Å². The van der Waals surface area contributed by atoms with Crippen LogP contribution in [-0.4, -0.2) is 11.8 Å². The van der Waals surface area contributed by atoms with Gasteiger partial charge in [0.1, 0.15) is 34.6 Å². The molecule has 2 heterocycles. The van der Waals surface area contributed by atoms with E-state index >= 15 is 0 Å². The minimum absolute atomic E-state index is 0.00167. The highest BCUT2D eigenvalue weighted by molar-refractivity contribution is 7.21. The molecular formula is C23H19FN2O4S. The van der Waals surface area contributed by atoms with Gasteiger partial charge in [0.2, 0.25) is 0 Å². The fourth-order valence-electron chi connectivity index (χ4n) is 3.25. The van der Waals surface area contributed by atoms with E-state index in [0.717, 1.165) is 11.3 Å². The van der Waals surface area contributed by atoms with Gasteiger partial charge in [0, 0.05) is 15.6 Å². The number of rotatable bonds is 5. The Kier molecular flexibility index (Phi) is 5.73. The molecule has 0 atom stereocenters. The van der Waals surface area contributed by atoms with E-state index < -0.39 is 17.6 Å². The maximum absolute atomic E-state index is 14.6. The molecule has 2 amide bonds. The van der Waals surface area contributed by atoms with Crippen molar-refractivity contribution in [3.63, 3.8) is 0 Å². The van der Waals surface area contributed by atoms with Gasteiger partial charge in [-0.2, -0.15) is 0 Å². The molecule has 4 rings (SSSR count). The van der Waals surface area contributed by atoms with Gasteiger partial charge in [-0.3, -0.25) is 20.4 Å². The van der Waals surface area contributed by atoms with E-state index in [0.29, 0.717) is 38.5 Å². The first kappa shape index (κ1) is 20.6. The van der Waals surface area contributed by atoms with E-state index in [1.165, 1.54) is 6.07 Å². The summed E-state index contributed by atoms with van der Waals surface area (Å²) in [7, 11) is 0. The second-order valence-corrected chi connectivity index (χ2v) is 7.91. The summed E-state index contributed by atoms with van der Waals surface area (Å²) in [5.41, 5.74) is 5.54. The number of furan rings is 1. The molecule has 0 aliphatic carbocycles. The lowest BCUT2D eigenvalue weighted by atomic mass is 10.1. The first-order valence-electron chi connectivity index (χ1n) is 9.49. The third kappa shape index (κ3) is 4.29. The summed E-state index contributed by atoms with van der Waals surface area (Å²) in [5.74, 6) is 0.145. The average molecular weight is 438 g/mol. The topological polar surface area (TPSA) is 80.6 Å². The molecule has 0 spiro atoms. The summed E-state index contributed by atoms with van der Waals surface area (Å²) in [4.78, 5) is 25.5. The number of halogens is 1. The van der Waals surface area contributed by atoms with E-state index in [-0.39, 0.29) is 11.5 Å². The maximum atomic E-state index is 14.6. The summed E-state index contributed by atoms with van der Waals surface area (Å²) in [6.07, 6.45) is 0. The Balaban J connectivity index is 1.58. The molecule has 0 saturated carbocycles. The third-order valence-electron chi connectivity index (χ3n) is 4.67. The van der Waals surface area contributed by atoms with Crippen molar-refractivity contribution in [1.29, 1.82) is 0 Å². The lowest BCUT2D eigenvalue weighted by molar-refractivity contribution is 0.0847. The molecule has 4 aromatic rings. The van der Waals surface area contributed by atoms with Gasteiger partial charge in [0.05, 0.1) is 5.56 Å². The minimum atomic E-state index is -0.557. The predicted molar refractivity (Wildman–Crippen MR) is 116 cm³/mol. The van der Waals surface area contributed by atoms with Crippen molar-refractivity contribution in [2.45, 2.75) is 20.5 Å². The Bertz CT molecular complexity index is 1260. The molecule has 0 unspecified atom stereocenters. The molecule has 158 valence electrons. The van der Waals surface area contributed by atoms with Gasteiger partial charge in [-0.1, -0.05) is 24.3 Å². The fraction of sp³-hybridized carbons (Fsp3) is 0.130. The summed E-state index contributed by atoms with van der Waals surface area (Å²) < 4.78 is 26.3. The number of hydrazine groups is 1. The maximum Gasteiger partial charge on any atom is 0.280 e. The van der Waals surface area contributed by atoms with Crippen molar-refractivity contribution >= 4 is 33.2 Å². The van der Waals surface area contributed by atoms with E-state index in [2.05, 4.69) is 10.9 Å². The van der Waals surface area contributed by atoms with Crippen LogP contribution in [-0.2, 0) is 6.61 Å². The SMILES string of the molecule is Cc1cc(C(=O)NNC(=O)c2sc3cccc(F)c3c2COc2ccccc2)c(C)o1. The largest absolute Gasteiger partial charge is 0.489 e. The molecule has 0 aliphatic heterocycles. The number of amides is 2. The van der Waals surface area contributed by atoms with Crippen LogP contribution >= 0.6 is 11.3 Å². The first-order valence-corrected chi connectivity index (χ1v) is 10.3. The molecule has 6 nitrogen and oxygen atoms in total. The van der Waals surface area contributed by atoms with Crippen LogP contribution in [0.15, 0.2) is 59.0 Å². The number of carbonyl (C=O) groups excluding carboxylic acids is 2. The number of para-hydroxylation sites is 1. The molecule has 8 heteroatoms. The van der Waals surface area contributed by atoms with Gasteiger partial charge in [-0.05, 0) is 44.2 Å². The monoisotopic (exact) mass is 438 g/mol. The second-order valence-electron chi connectivity index (χ2n) is 6.86. The molecule has 0 aliphatic rings. The Labute approximate surface area is 181 Å². The molecule has 2 aromatic carbocycles. The molecule has 0 fully saturated rings. The van der Waals surface area contributed by atoms with E-state index in [4.69, 9.17) is 9.15 Å². The van der Waals surface area contributed by atoms with E-state index in [9.17, 15) is 14.0 Å². The smallest absolute Gasteiger partial charge is 0.280 e. The highest BCUT2D eigenvalue weighted by Gasteiger charge is 2.22. The Morgan fingerprint density at radius 1 is 1.03 bits per heavy atom. The van der Waals surface area contributed by atoms with Crippen LogP contribution < -0.4 is 15.6 Å². The standard InChI is InChI=1S/C23H19FN2O4S/c1-13-11-16(14(2)30-13)22(27)25-26-23(28)21-17(12-29-15-7-4-3-5-8-15)20-18(24)9-6-10-19(20)31-21/h3-11H,12H2,1-2H3,(H,25,27)(H,26,28). The van der Waals surface area contributed by atoms with Crippen molar-refractivity contribution in [3.8, 4) is 5.75 Å². The van der Waals surface area contributed by atoms with E-state index in [1.54, 1.807) is 44.2 Å². The van der Waals surface area contributed by atoms with Crippen LogP contribution in [0, 0.1) is 19.7 Å². The highest BCUT2D eigenvalue weighted by Crippen LogP contribution is 2.34. The summed E-state index contributed by atoms with van der Waals surface area (Å²) >= 11 is 1.13. The molecule has 2 N–H and O–H groups in total. The van der Waals surface area contributed by atoms with Gasteiger partial charge < -0.3 is 9.15 Å². The van der Waals surface area contributed by atoms with Crippen LogP contribution in [0.2, 0.25) is 0 Å². The zero-order valence-electron chi connectivity index (χ0n) is 16.8. The fourth-order valence-corrected chi connectivity index (χ4v) is 4.37. The van der Waals surface area contributed by atoms with Crippen LogP contribution in [0.1, 0.15) is 37.1 Å². The molecule has 2 aromatic heterocycles. The summed E-state index contributed by atoms with van der Waals surface area (Å²) in [6.45, 7) is 3.40. The van der Waals surface area contributed by atoms with Gasteiger partial charge in [-0.25, -0.2) is 4.39 Å². The van der Waals surface area contributed by atoms with Crippen molar-refractivity contribution in [2.24, 2.45) is 0 Å². The number of aryl methyl sites for hydroxylation is 2. The lowest BCUT2D eigenvalue weighted by Gasteiger charge is -2.09. The number of fused-ring (bicyclic) bond motifs is 1. The Hall–Kier alpha value is -3.65. The number of ether oxygens (including phenoxy) is 1. The molecule has 0 bridgehead atoms. The normalized spacial score (nSPS) is 10.8. The van der Waals surface area contributed by atoms with Gasteiger partial charge in [0.15, 0.2) is 0 Å². The van der Waals surface area contributed by atoms with Crippen molar-refractivity contribution < 1.29 is 23.1 Å². The van der Waals surface area contributed by atoms with Gasteiger partial charge >= 0.3 is 0 Å². The van der Waals surface area contributed by atoms with Crippen LogP contribution in [0.5, 0.6) is 5.75 Å². The third-order valence-corrected chi connectivity index (χ3v) is 5.87. The number of hydrogen-bond donors (Lipinski definition) is 2. The van der Waals surface area contributed by atoms with Gasteiger partial charge in [-0.15, -0.1) is 11.3 Å². The molecule has 31 heavy (non-hydrogen) atoms. The lowest BCUT2D eigenvalue weighted by Crippen LogP contribution is -2.41. The van der Waals surface area contributed by atoms with Gasteiger partial charge in [0.25, 0.3) is 11.8 Å². The van der Waals surface area contributed by atoms with Crippen molar-refractivity contribution in [1.82, 2.24) is 10.9 Å². The molecule has 0 radical (unpaired) electrons. The van der Waals surface area contributed by atoms with Crippen LogP contribution in [0.3, 0.4) is 0 Å². The van der Waals surface area contributed by atoms with Crippen molar-refractivity contribution in [3.05, 3.63) is 87.9 Å². The Morgan fingerprint density at radius 3 is 2.48 bits per heavy atom. The molecule has 0 saturated heterocycles. The average Bonchev–Trinajstić information content (AvgIpc) is 3.31. The molecular weight excluding hydrogens is 419 g/mol. The zero-order chi connectivity index (χ0) is 22.0. The summed E-state index contributed by atoms with van der Waals surface area (Å²) in [6, 6.07) is 15.3. The summed E-state index contributed by atoms with van der Waals surface area (Å²) in [5, 5.41) is 0.334. The number of carbonyl (C=O) groups is 2. The number of benzene rings is 2.